The maximum absolute atomic E-state index is 13.0. The van der Waals surface area contributed by atoms with Crippen molar-refractivity contribution in [3.63, 3.8) is 0 Å². The van der Waals surface area contributed by atoms with Crippen LogP contribution in [0.5, 0.6) is 5.88 Å². The van der Waals surface area contributed by atoms with E-state index in [0.717, 1.165) is 34.9 Å². The van der Waals surface area contributed by atoms with Gasteiger partial charge in [0.05, 0.1) is 19.1 Å². The van der Waals surface area contributed by atoms with Crippen LogP contribution in [0.15, 0.2) is 36.9 Å². The van der Waals surface area contributed by atoms with Crippen LogP contribution in [0, 0.1) is 0 Å². The second-order valence-electron chi connectivity index (χ2n) is 5.44. The zero-order chi connectivity index (χ0) is 16.5. The highest BCUT2D eigenvalue weighted by atomic mass is 32.1. The summed E-state index contributed by atoms with van der Waals surface area (Å²) in [5, 5.41) is 0. The minimum absolute atomic E-state index is 0.0710. The summed E-state index contributed by atoms with van der Waals surface area (Å²) in [6, 6.07) is 5.26. The molecule has 0 aliphatic carbocycles. The number of imidazole rings is 1. The number of pyridine rings is 1. The highest BCUT2D eigenvalue weighted by molar-refractivity contribution is 7.08. The molecule has 0 radical (unpaired) electrons. The fraction of sp³-hybridized carbons (Fsp3) is 0.250. The summed E-state index contributed by atoms with van der Waals surface area (Å²) in [4.78, 5) is 27.2. The van der Waals surface area contributed by atoms with Gasteiger partial charge in [0.2, 0.25) is 5.88 Å². The molecule has 4 heterocycles. The van der Waals surface area contributed by atoms with Crippen molar-refractivity contribution >= 4 is 17.4 Å². The first kappa shape index (κ1) is 14.8. The van der Waals surface area contributed by atoms with Crippen LogP contribution in [0.2, 0.25) is 0 Å². The second kappa shape index (κ2) is 6.04. The Kier molecular flexibility index (Phi) is 3.73. The molecule has 1 N–H and O–H groups in total. The summed E-state index contributed by atoms with van der Waals surface area (Å²) in [6.07, 6.45) is 5.92. The number of ether oxygens (including phenoxy) is 1. The Balaban J connectivity index is 1.75. The van der Waals surface area contributed by atoms with Gasteiger partial charge in [-0.25, -0.2) is 4.98 Å². The third-order valence-electron chi connectivity index (χ3n) is 4.09. The Bertz CT molecular complexity index is 860. The monoisotopic (exact) mass is 341 g/mol. The van der Waals surface area contributed by atoms with E-state index in [1.807, 2.05) is 17.0 Å². The third-order valence-corrected chi connectivity index (χ3v) is 4.85. The topological polar surface area (TPSA) is 84.0 Å². The van der Waals surface area contributed by atoms with Crippen LogP contribution in [0.1, 0.15) is 32.7 Å². The molecule has 1 aliphatic heterocycles. The first-order chi connectivity index (χ1) is 11.8. The first-order valence-corrected chi connectivity index (χ1v) is 8.29. The Morgan fingerprint density at radius 3 is 3.17 bits per heavy atom. The van der Waals surface area contributed by atoms with Crippen LogP contribution in [0.25, 0.3) is 0 Å². The normalized spacial score (nSPS) is 16.7. The van der Waals surface area contributed by atoms with Crippen LogP contribution in [-0.4, -0.2) is 43.8 Å². The van der Waals surface area contributed by atoms with E-state index in [2.05, 4.69) is 19.3 Å². The van der Waals surface area contributed by atoms with Gasteiger partial charge in [-0.3, -0.25) is 9.78 Å². The summed E-state index contributed by atoms with van der Waals surface area (Å²) in [6.45, 7) is 0.605. The number of methoxy groups -OCH3 is 1. The van der Waals surface area contributed by atoms with Gasteiger partial charge in [0.15, 0.2) is 0 Å². The smallest absolute Gasteiger partial charge is 0.266 e. The molecule has 0 saturated carbocycles. The highest BCUT2D eigenvalue weighted by Gasteiger charge is 2.35. The molecule has 24 heavy (non-hydrogen) atoms. The SMILES string of the molecule is COc1cc(C(=O)N2CCc3[nH]cnc3C2c2cccnc2)sn1. The van der Waals surface area contributed by atoms with Crippen molar-refractivity contribution in [2.45, 2.75) is 12.5 Å². The van der Waals surface area contributed by atoms with E-state index in [0.29, 0.717) is 17.3 Å². The number of hydrogen-bond donors (Lipinski definition) is 1. The van der Waals surface area contributed by atoms with E-state index in [4.69, 9.17) is 4.74 Å². The molecule has 122 valence electrons. The molecule has 8 heteroatoms. The average Bonchev–Trinajstić information content (AvgIpc) is 3.30. The van der Waals surface area contributed by atoms with Crippen LogP contribution in [0.3, 0.4) is 0 Å². The lowest BCUT2D eigenvalue weighted by molar-refractivity contribution is 0.0695. The van der Waals surface area contributed by atoms with E-state index in [-0.39, 0.29) is 11.9 Å². The highest BCUT2D eigenvalue weighted by Crippen LogP contribution is 2.34. The molecule has 0 saturated heterocycles. The van der Waals surface area contributed by atoms with Gasteiger partial charge in [-0.05, 0) is 23.2 Å². The maximum atomic E-state index is 13.0. The number of nitrogens with one attached hydrogen (secondary N) is 1. The molecule has 1 unspecified atom stereocenters. The Morgan fingerprint density at radius 2 is 2.42 bits per heavy atom. The average molecular weight is 341 g/mol. The van der Waals surface area contributed by atoms with Gasteiger partial charge in [0, 0.05) is 37.1 Å². The number of aromatic amines is 1. The standard InChI is InChI=1S/C16H15N5O2S/c1-23-13-7-12(24-20-13)16(22)21-6-4-11-14(19-9-18-11)15(21)10-3-2-5-17-8-10/h2-3,5,7-9,15H,4,6H2,1H3,(H,18,19). The molecule has 0 aromatic carbocycles. The zero-order valence-electron chi connectivity index (χ0n) is 13.0. The molecule has 1 amide bonds. The third kappa shape index (κ3) is 2.44. The predicted octanol–water partition coefficient (Wildman–Crippen LogP) is 2.06. The number of fused-ring (bicyclic) bond motifs is 1. The molecule has 3 aromatic heterocycles. The van der Waals surface area contributed by atoms with Gasteiger partial charge < -0.3 is 14.6 Å². The number of hydrogen-bond acceptors (Lipinski definition) is 6. The van der Waals surface area contributed by atoms with E-state index < -0.39 is 0 Å². The second-order valence-corrected chi connectivity index (χ2v) is 6.24. The lowest BCUT2D eigenvalue weighted by atomic mass is 9.96. The molecule has 4 rings (SSSR count). The Hall–Kier alpha value is -2.74. The Labute approximate surface area is 142 Å². The van der Waals surface area contributed by atoms with Gasteiger partial charge >= 0.3 is 0 Å². The minimum Gasteiger partial charge on any atom is -0.480 e. The van der Waals surface area contributed by atoms with Crippen LogP contribution in [0.4, 0.5) is 0 Å². The summed E-state index contributed by atoms with van der Waals surface area (Å²) >= 11 is 1.15. The molecule has 1 atom stereocenters. The summed E-state index contributed by atoms with van der Waals surface area (Å²) in [7, 11) is 1.54. The summed E-state index contributed by atoms with van der Waals surface area (Å²) < 4.78 is 9.21. The molecule has 0 fully saturated rings. The molecular formula is C16H15N5O2S. The Morgan fingerprint density at radius 1 is 1.50 bits per heavy atom. The zero-order valence-corrected chi connectivity index (χ0v) is 13.8. The lowest BCUT2D eigenvalue weighted by Gasteiger charge is -2.34. The van der Waals surface area contributed by atoms with Gasteiger partial charge in [0.1, 0.15) is 10.9 Å². The van der Waals surface area contributed by atoms with Crippen molar-refractivity contribution in [3.05, 3.63) is 58.7 Å². The van der Waals surface area contributed by atoms with Gasteiger partial charge in [-0.2, -0.15) is 4.37 Å². The first-order valence-electron chi connectivity index (χ1n) is 7.51. The van der Waals surface area contributed by atoms with E-state index in [1.165, 1.54) is 0 Å². The molecule has 0 spiro atoms. The number of aromatic nitrogens is 4. The van der Waals surface area contributed by atoms with Crippen molar-refractivity contribution in [3.8, 4) is 5.88 Å². The van der Waals surface area contributed by atoms with Crippen molar-refractivity contribution in [2.24, 2.45) is 0 Å². The van der Waals surface area contributed by atoms with Crippen molar-refractivity contribution in [1.29, 1.82) is 0 Å². The van der Waals surface area contributed by atoms with Gasteiger partial charge in [-0.15, -0.1) is 0 Å². The van der Waals surface area contributed by atoms with Crippen LogP contribution >= 0.6 is 11.5 Å². The van der Waals surface area contributed by atoms with Crippen molar-refractivity contribution in [2.75, 3.05) is 13.7 Å². The molecule has 7 nitrogen and oxygen atoms in total. The van der Waals surface area contributed by atoms with E-state index in [1.54, 1.807) is 31.9 Å². The fourth-order valence-electron chi connectivity index (χ4n) is 2.97. The van der Waals surface area contributed by atoms with Crippen molar-refractivity contribution < 1.29 is 9.53 Å². The number of rotatable bonds is 3. The van der Waals surface area contributed by atoms with Gasteiger partial charge in [-0.1, -0.05) is 6.07 Å². The number of nitrogens with zero attached hydrogens (tertiary/aromatic N) is 4. The minimum atomic E-state index is -0.255. The maximum Gasteiger partial charge on any atom is 0.266 e. The number of H-pyrrole nitrogens is 1. The van der Waals surface area contributed by atoms with Crippen LogP contribution in [-0.2, 0) is 6.42 Å². The van der Waals surface area contributed by atoms with Crippen LogP contribution < -0.4 is 4.74 Å². The summed E-state index contributed by atoms with van der Waals surface area (Å²) in [5.74, 6) is 0.386. The largest absolute Gasteiger partial charge is 0.480 e. The van der Waals surface area contributed by atoms with Gasteiger partial charge in [0.25, 0.3) is 5.91 Å². The quantitative estimate of drug-likeness (QED) is 0.788. The predicted molar refractivity (Wildman–Crippen MR) is 88.1 cm³/mol. The fourth-order valence-corrected chi connectivity index (χ4v) is 3.63. The lowest BCUT2D eigenvalue weighted by Crippen LogP contribution is -2.40. The molecule has 1 aliphatic rings. The summed E-state index contributed by atoms with van der Waals surface area (Å²) in [5.41, 5.74) is 2.88. The number of carbonyl (C=O) groups is 1. The van der Waals surface area contributed by atoms with E-state index >= 15 is 0 Å². The van der Waals surface area contributed by atoms with E-state index in [9.17, 15) is 4.79 Å². The molecular weight excluding hydrogens is 326 g/mol. The molecule has 3 aromatic rings. The number of carbonyl (C=O) groups excluding carboxylic acids is 1. The number of amides is 1. The molecule has 0 bridgehead atoms. The van der Waals surface area contributed by atoms with Crippen molar-refractivity contribution in [1.82, 2.24) is 24.2 Å².